The fourth-order valence-electron chi connectivity index (χ4n) is 3.07. The highest BCUT2D eigenvalue weighted by atomic mass is 32.3. The number of para-hydroxylation sites is 2. The Morgan fingerprint density at radius 1 is 1.12 bits per heavy atom. The summed E-state index contributed by atoms with van der Waals surface area (Å²) < 4.78 is 30.5. The number of fused-ring (bicyclic) bond motifs is 1. The molecule has 142 valence electrons. The molecule has 7 nitrogen and oxygen atoms in total. The molecule has 1 heterocycles. The molecular formula is C18H25N3O4S. The Labute approximate surface area is 155 Å². The number of likely N-dealkylation sites (N-methyl/N-ethyl adjacent to an activating group) is 1. The van der Waals surface area contributed by atoms with Crippen LogP contribution in [0.4, 0.5) is 17.1 Å². The maximum absolute atomic E-state index is 11.0. The Hall–Kier alpha value is -1.97. The second kappa shape index (κ2) is 7.73. The monoisotopic (exact) mass is 379 g/mol. The average molecular weight is 379 g/mol. The summed E-state index contributed by atoms with van der Waals surface area (Å²) in [5.74, 6) is 0.637. The van der Waals surface area contributed by atoms with Gasteiger partial charge < -0.3 is 15.2 Å². The third-order valence-electron chi connectivity index (χ3n) is 4.30. The molecule has 26 heavy (non-hydrogen) atoms. The third kappa shape index (κ3) is 3.46. The molecule has 3 rings (SSSR count). The second-order valence-electron chi connectivity index (χ2n) is 6.08. The quantitative estimate of drug-likeness (QED) is 0.587. The van der Waals surface area contributed by atoms with Gasteiger partial charge >= 0.3 is 0 Å². The number of nitrogens with one attached hydrogen (secondary N) is 1. The lowest BCUT2D eigenvalue weighted by atomic mass is 10.2. The first kappa shape index (κ1) is 18.8. The zero-order chi connectivity index (χ0) is 18.7. The minimum absolute atomic E-state index is 0.322. The molecule has 4 N–H and O–H groups in total. The van der Waals surface area contributed by atoms with Crippen molar-refractivity contribution < 1.29 is 18.9 Å². The first-order chi connectivity index (χ1) is 12.5. The van der Waals surface area contributed by atoms with E-state index in [1.54, 1.807) is 24.5 Å². The second-order valence-corrected chi connectivity index (χ2v) is 7.86. The summed E-state index contributed by atoms with van der Waals surface area (Å²) in [5.41, 5.74) is 2.07. The largest absolute Gasteiger partial charge is 0.497 e. The first-order valence-electron chi connectivity index (χ1n) is 8.41. The van der Waals surface area contributed by atoms with Gasteiger partial charge in [0.05, 0.1) is 30.3 Å². The highest BCUT2D eigenvalue weighted by Crippen LogP contribution is 2.64. The molecule has 0 aliphatic carbocycles. The van der Waals surface area contributed by atoms with Crippen LogP contribution in [0.25, 0.3) is 0 Å². The average Bonchev–Trinajstić information content (AvgIpc) is 2.86. The maximum atomic E-state index is 11.0. The van der Waals surface area contributed by atoms with Crippen molar-refractivity contribution in [3.8, 4) is 5.75 Å². The summed E-state index contributed by atoms with van der Waals surface area (Å²) in [6, 6.07) is 14.6. The van der Waals surface area contributed by atoms with Crippen LogP contribution >= 0.6 is 11.0 Å². The van der Waals surface area contributed by atoms with Gasteiger partial charge in [-0.2, -0.15) is 0 Å². The minimum Gasteiger partial charge on any atom is -0.497 e. The molecule has 0 amide bonds. The highest BCUT2D eigenvalue weighted by molar-refractivity contribution is 8.27. The summed E-state index contributed by atoms with van der Waals surface area (Å²) in [4.78, 5) is 0. The first-order valence-corrected chi connectivity index (χ1v) is 9.87. The Bertz CT molecular complexity index is 759. The summed E-state index contributed by atoms with van der Waals surface area (Å²) in [5, 5.41) is 12.9. The van der Waals surface area contributed by atoms with Crippen molar-refractivity contribution in [3.05, 3.63) is 48.5 Å². The fourth-order valence-corrected chi connectivity index (χ4v) is 4.85. The van der Waals surface area contributed by atoms with E-state index >= 15 is 0 Å². The molecule has 0 aromatic heterocycles. The lowest BCUT2D eigenvalue weighted by molar-refractivity contribution is 0.167. The van der Waals surface area contributed by atoms with E-state index < -0.39 is 17.1 Å². The predicted molar refractivity (Wildman–Crippen MR) is 106 cm³/mol. The van der Waals surface area contributed by atoms with Crippen molar-refractivity contribution in [2.45, 2.75) is 12.5 Å². The highest BCUT2D eigenvalue weighted by Gasteiger charge is 2.41. The maximum Gasteiger partial charge on any atom is 0.121 e. The molecule has 0 radical (unpaired) electrons. The van der Waals surface area contributed by atoms with Gasteiger partial charge in [0.1, 0.15) is 5.75 Å². The zero-order valence-corrected chi connectivity index (χ0v) is 15.7. The Kier molecular flexibility index (Phi) is 5.59. The molecule has 2 aromatic rings. The van der Waals surface area contributed by atoms with E-state index in [9.17, 15) is 14.2 Å². The standard InChI is InChI=1S/C18H25N3O4S/c1-19-13-15(22)10-11-20-17-8-3-4-9-18(17)21(26(20,23)24)14-6-5-7-16(12-14)25-2/h3-9,12,15,19,22-24H,10-11,13H2,1-2H3. The van der Waals surface area contributed by atoms with Gasteiger partial charge in [0, 0.05) is 19.2 Å². The van der Waals surface area contributed by atoms with Gasteiger partial charge in [0.2, 0.25) is 0 Å². The number of aliphatic hydroxyl groups excluding tert-OH is 1. The summed E-state index contributed by atoms with van der Waals surface area (Å²) in [6.45, 7) is 0.775. The molecule has 1 unspecified atom stereocenters. The van der Waals surface area contributed by atoms with Crippen LogP contribution in [-0.4, -0.2) is 47.6 Å². The lowest BCUT2D eigenvalue weighted by Crippen LogP contribution is -2.34. The van der Waals surface area contributed by atoms with Crippen molar-refractivity contribution in [1.82, 2.24) is 5.32 Å². The molecule has 1 aliphatic rings. The van der Waals surface area contributed by atoms with Crippen LogP contribution in [0.3, 0.4) is 0 Å². The molecule has 0 saturated carbocycles. The molecular weight excluding hydrogens is 354 g/mol. The van der Waals surface area contributed by atoms with E-state index in [0.29, 0.717) is 36.6 Å². The van der Waals surface area contributed by atoms with Crippen molar-refractivity contribution in [2.24, 2.45) is 0 Å². The molecule has 2 aromatic carbocycles. The normalized spacial score (nSPS) is 17.7. The predicted octanol–water partition coefficient (Wildman–Crippen LogP) is 3.20. The van der Waals surface area contributed by atoms with Gasteiger partial charge in [-0.1, -0.05) is 18.2 Å². The SMILES string of the molecule is CNCC(O)CCN1c2ccccc2N(c2cccc(OC)c2)S1(O)O. The molecule has 0 saturated heterocycles. The van der Waals surface area contributed by atoms with Crippen molar-refractivity contribution in [1.29, 1.82) is 0 Å². The van der Waals surface area contributed by atoms with Crippen LogP contribution in [0.2, 0.25) is 0 Å². The number of hydrogen-bond acceptors (Lipinski definition) is 7. The van der Waals surface area contributed by atoms with E-state index in [2.05, 4.69) is 5.32 Å². The number of methoxy groups -OCH3 is 1. The zero-order valence-electron chi connectivity index (χ0n) is 14.9. The molecule has 0 spiro atoms. The smallest absolute Gasteiger partial charge is 0.121 e. The lowest BCUT2D eigenvalue weighted by Gasteiger charge is -2.44. The van der Waals surface area contributed by atoms with Crippen LogP contribution in [0.1, 0.15) is 6.42 Å². The molecule has 0 bridgehead atoms. The van der Waals surface area contributed by atoms with Crippen LogP contribution in [0.5, 0.6) is 5.75 Å². The molecule has 8 heteroatoms. The number of rotatable bonds is 7. The Morgan fingerprint density at radius 2 is 1.85 bits per heavy atom. The number of benzene rings is 2. The summed E-state index contributed by atoms with van der Waals surface area (Å²) >= 11 is 0. The van der Waals surface area contributed by atoms with Crippen molar-refractivity contribution in [3.63, 3.8) is 0 Å². The van der Waals surface area contributed by atoms with E-state index in [-0.39, 0.29) is 0 Å². The molecule has 1 atom stereocenters. The Morgan fingerprint density at radius 3 is 2.54 bits per heavy atom. The van der Waals surface area contributed by atoms with Crippen LogP contribution in [0.15, 0.2) is 48.5 Å². The third-order valence-corrected chi connectivity index (χ3v) is 6.17. The van der Waals surface area contributed by atoms with Crippen molar-refractivity contribution >= 4 is 28.0 Å². The number of nitrogens with zero attached hydrogens (tertiary/aromatic N) is 2. The Balaban J connectivity index is 1.96. The summed E-state index contributed by atoms with van der Waals surface area (Å²) in [7, 11) is 0.0482. The van der Waals surface area contributed by atoms with E-state index in [1.807, 2.05) is 42.5 Å². The number of anilines is 3. The minimum atomic E-state index is -3.30. The van der Waals surface area contributed by atoms with E-state index in [1.165, 1.54) is 4.31 Å². The van der Waals surface area contributed by atoms with E-state index in [0.717, 1.165) is 5.69 Å². The molecule has 1 aliphatic heterocycles. The molecule has 0 fully saturated rings. The van der Waals surface area contributed by atoms with Crippen LogP contribution in [0, 0.1) is 0 Å². The van der Waals surface area contributed by atoms with Gasteiger partial charge in [0.15, 0.2) is 0 Å². The van der Waals surface area contributed by atoms with Gasteiger partial charge in [-0.05, 0) is 48.7 Å². The fraction of sp³-hybridized carbons (Fsp3) is 0.333. The van der Waals surface area contributed by atoms with Crippen LogP contribution in [-0.2, 0) is 0 Å². The van der Waals surface area contributed by atoms with Gasteiger partial charge in [-0.3, -0.25) is 13.4 Å². The van der Waals surface area contributed by atoms with Gasteiger partial charge in [0.25, 0.3) is 0 Å². The number of ether oxygens (including phenoxy) is 1. The summed E-state index contributed by atoms with van der Waals surface area (Å²) in [6.07, 6.45) is -0.148. The van der Waals surface area contributed by atoms with Crippen molar-refractivity contribution in [2.75, 3.05) is 35.9 Å². The number of hydrogen-bond donors (Lipinski definition) is 4. The van der Waals surface area contributed by atoms with Crippen LogP contribution < -0.4 is 18.7 Å². The van der Waals surface area contributed by atoms with Gasteiger partial charge in [-0.15, -0.1) is 0 Å². The number of aliphatic hydroxyl groups is 1. The van der Waals surface area contributed by atoms with Gasteiger partial charge in [-0.25, -0.2) is 4.31 Å². The topological polar surface area (TPSA) is 88.4 Å². The van der Waals surface area contributed by atoms with E-state index in [4.69, 9.17) is 4.74 Å².